The van der Waals surface area contributed by atoms with E-state index in [0.717, 1.165) is 38.6 Å². The van der Waals surface area contributed by atoms with E-state index in [1.807, 2.05) is 4.57 Å². The molecule has 0 aromatic carbocycles. The largest absolute Gasteiger partial charge is 0.396 e. The van der Waals surface area contributed by atoms with Crippen LogP contribution in [0.4, 0.5) is 5.82 Å². The second-order valence-electron chi connectivity index (χ2n) is 5.55. The monoisotopic (exact) mass is 263 g/mol. The predicted octanol–water partition coefficient (Wildman–Crippen LogP) is 1.32. The van der Waals surface area contributed by atoms with Crippen LogP contribution < -0.4 is 10.5 Å². The first-order chi connectivity index (χ1) is 9.31. The van der Waals surface area contributed by atoms with Crippen LogP contribution in [-0.4, -0.2) is 33.9 Å². The molecule has 5 heteroatoms. The molecule has 19 heavy (non-hydrogen) atoms. The van der Waals surface area contributed by atoms with Gasteiger partial charge in [0.25, 0.3) is 5.56 Å². The summed E-state index contributed by atoms with van der Waals surface area (Å²) < 4.78 is 1.83. The highest BCUT2D eigenvalue weighted by atomic mass is 16.3. The summed E-state index contributed by atoms with van der Waals surface area (Å²) in [6.07, 6.45) is 9.77. The molecule has 104 valence electrons. The Morgan fingerprint density at radius 3 is 2.89 bits per heavy atom. The van der Waals surface area contributed by atoms with Gasteiger partial charge in [-0.05, 0) is 38.5 Å². The third-order valence-corrected chi connectivity index (χ3v) is 4.15. The maximum Gasteiger partial charge on any atom is 0.293 e. The van der Waals surface area contributed by atoms with Crippen molar-refractivity contribution in [2.45, 2.75) is 50.6 Å². The molecule has 2 heterocycles. The number of hydrogen-bond acceptors (Lipinski definition) is 4. The molecule has 0 bridgehead atoms. The summed E-state index contributed by atoms with van der Waals surface area (Å²) in [6, 6.07) is 0.643. The predicted molar refractivity (Wildman–Crippen MR) is 73.5 cm³/mol. The Bertz CT molecular complexity index is 494. The van der Waals surface area contributed by atoms with Crippen LogP contribution in [0.25, 0.3) is 0 Å². The number of rotatable bonds is 4. The van der Waals surface area contributed by atoms with Crippen molar-refractivity contribution in [3.63, 3.8) is 0 Å². The fraction of sp³-hybridized carbons (Fsp3) is 0.714. The fourth-order valence-corrected chi connectivity index (χ4v) is 2.98. The first-order valence-electron chi connectivity index (χ1n) is 7.26. The van der Waals surface area contributed by atoms with Gasteiger partial charge in [0.05, 0.1) is 0 Å². The second-order valence-corrected chi connectivity index (χ2v) is 5.55. The van der Waals surface area contributed by atoms with Crippen LogP contribution in [0.2, 0.25) is 0 Å². The van der Waals surface area contributed by atoms with Gasteiger partial charge in [-0.25, -0.2) is 4.98 Å². The summed E-state index contributed by atoms with van der Waals surface area (Å²) in [5, 5.41) is 9.17. The molecular formula is C14H21N3O2. The van der Waals surface area contributed by atoms with E-state index in [9.17, 15) is 9.90 Å². The van der Waals surface area contributed by atoms with Gasteiger partial charge >= 0.3 is 0 Å². The van der Waals surface area contributed by atoms with Crippen LogP contribution in [0, 0.1) is 0 Å². The molecule has 2 fully saturated rings. The highest BCUT2D eigenvalue weighted by Gasteiger charge is 2.29. The Morgan fingerprint density at radius 1 is 1.32 bits per heavy atom. The SMILES string of the molecule is O=c1c(N2CCCCC2CCO)nccn1C1CC1. The lowest BCUT2D eigenvalue weighted by molar-refractivity contribution is 0.262. The molecule has 0 radical (unpaired) electrons. The average molecular weight is 263 g/mol. The van der Waals surface area contributed by atoms with Gasteiger partial charge in [-0.1, -0.05) is 0 Å². The van der Waals surface area contributed by atoms with Crippen LogP contribution >= 0.6 is 0 Å². The number of nitrogens with zero attached hydrogens (tertiary/aromatic N) is 3. The van der Waals surface area contributed by atoms with E-state index in [4.69, 9.17) is 0 Å². The van der Waals surface area contributed by atoms with Gasteiger partial charge in [-0.2, -0.15) is 0 Å². The first kappa shape index (κ1) is 12.7. The number of aliphatic hydroxyl groups is 1. The molecule has 1 saturated heterocycles. The lowest BCUT2D eigenvalue weighted by Crippen LogP contribution is -2.44. The third kappa shape index (κ3) is 2.52. The highest BCUT2D eigenvalue weighted by molar-refractivity contribution is 5.38. The number of hydrogen-bond donors (Lipinski definition) is 1. The topological polar surface area (TPSA) is 58.4 Å². The molecule has 5 nitrogen and oxygen atoms in total. The quantitative estimate of drug-likeness (QED) is 0.890. The molecule has 0 spiro atoms. The maximum absolute atomic E-state index is 12.5. The molecule has 1 unspecified atom stereocenters. The number of anilines is 1. The van der Waals surface area contributed by atoms with Crippen molar-refractivity contribution in [2.24, 2.45) is 0 Å². The summed E-state index contributed by atoms with van der Waals surface area (Å²) >= 11 is 0. The average Bonchev–Trinajstić information content (AvgIpc) is 3.25. The normalized spacial score (nSPS) is 23.6. The number of aromatic nitrogens is 2. The molecular weight excluding hydrogens is 242 g/mol. The summed E-state index contributed by atoms with van der Waals surface area (Å²) in [4.78, 5) is 18.9. The van der Waals surface area contributed by atoms with Crippen molar-refractivity contribution in [3.05, 3.63) is 22.7 Å². The number of aliphatic hydroxyl groups excluding tert-OH is 1. The van der Waals surface area contributed by atoms with E-state index in [1.54, 1.807) is 12.4 Å². The second kappa shape index (κ2) is 5.33. The van der Waals surface area contributed by atoms with Gasteiger partial charge in [-0.15, -0.1) is 0 Å². The molecule has 1 N–H and O–H groups in total. The van der Waals surface area contributed by atoms with Gasteiger partial charge in [0.2, 0.25) is 0 Å². The van der Waals surface area contributed by atoms with Crippen LogP contribution in [0.3, 0.4) is 0 Å². The van der Waals surface area contributed by atoms with E-state index in [-0.39, 0.29) is 18.2 Å². The highest BCUT2D eigenvalue weighted by Crippen LogP contribution is 2.33. The minimum absolute atomic E-state index is 0.0369. The van der Waals surface area contributed by atoms with Crippen LogP contribution in [-0.2, 0) is 0 Å². The van der Waals surface area contributed by atoms with Crippen molar-refractivity contribution >= 4 is 5.82 Å². The Morgan fingerprint density at radius 2 is 2.16 bits per heavy atom. The van der Waals surface area contributed by atoms with E-state index in [1.165, 1.54) is 6.42 Å². The molecule has 1 atom stereocenters. The fourth-order valence-electron chi connectivity index (χ4n) is 2.98. The van der Waals surface area contributed by atoms with E-state index in [2.05, 4.69) is 9.88 Å². The van der Waals surface area contributed by atoms with Crippen molar-refractivity contribution in [1.29, 1.82) is 0 Å². The minimum atomic E-state index is 0.0369. The van der Waals surface area contributed by atoms with E-state index in [0.29, 0.717) is 11.9 Å². The maximum atomic E-state index is 12.5. The Labute approximate surface area is 112 Å². The van der Waals surface area contributed by atoms with Crippen LogP contribution in [0.1, 0.15) is 44.6 Å². The Kier molecular flexibility index (Phi) is 3.55. The van der Waals surface area contributed by atoms with Gasteiger partial charge < -0.3 is 14.6 Å². The van der Waals surface area contributed by atoms with Gasteiger partial charge in [0.15, 0.2) is 5.82 Å². The molecule has 1 aliphatic heterocycles. The lowest BCUT2D eigenvalue weighted by atomic mass is 10.00. The van der Waals surface area contributed by atoms with Crippen molar-refractivity contribution in [3.8, 4) is 0 Å². The third-order valence-electron chi connectivity index (χ3n) is 4.15. The smallest absolute Gasteiger partial charge is 0.293 e. The van der Waals surface area contributed by atoms with Crippen LogP contribution in [0.15, 0.2) is 17.2 Å². The standard InChI is InChI=1S/C14H21N3O2/c18-10-6-11-3-1-2-8-16(11)13-14(19)17(9-7-15-13)12-4-5-12/h7,9,11-12,18H,1-6,8,10H2. The summed E-state index contributed by atoms with van der Waals surface area (Å²) in [6.45, 7) is 1.05. The van der Waals surface area contributed by atoms with Crippen molar-refractivity contribution in [2.75, 3.05) is 18.1 Å². The number of piperidine rings is 1. The zero-order valence-electron chi connectivity index (χ0n) is 11.2. The van der Waals surface area contributed by atoms with E-state index >= 15 is 0 Å². The summed E-state index contributed by atoms with van der Waals surface area (Å²) in [5.74, 6) is 0.576. The van der Waals surface area contributed by atoms with Crippen LogP contribution in [0.5, 0.6) is 0 Å². The van der Waals surface area contributed by atoms with E-state index < -0.39 is 0 Å². The molecule has 0 amide bonds. The summed E-state index contributed by atoms with van der Waals surface area (Å²) in [7, 11) is 0. The molecule has 3 rings (SSSR count). The van der Waals surface area contributed by atoms with Gasteiger partial charge in [0.1, 0.15) is 0 Å². The van der Waals surface area contributed by atoms with Gasteiger partial charge in [0, 0.05) is 37.6 Å². The minimum Gasteiger partial charge on any atom is -0.396 e. The molecule has 2 aliphatic rings. The Hall–Kier alpha value is -1.36. The molecule has 1 saturated carbocycles. The molecule has 1 aromatic heterocycles. The molecule has 1 aromatic rings. The Balaban J connectivity index is 1.91. The lowest BCUT2D eigenvalue weighted by Gasteiger charge is -2.36. The first-order valence-corrected chi connectivity index (χ1v) is 7.26. The summed E-state index contributed by atoms with van der Waals surface area (Å²) in [5.41, 5.74) is 0.0369. The van der Waals surface area contributed by atoms with Gasteiger partial charge in [-0.3, -0.25) is 4.79 Å². The zero-order valence-corrected chi connectivity index (χ0v) is 11.2. The van der Waals surface area contributed by atoms with Crippen molar-refractivity contribution in [1.82, 2.24) is 9.55 Å². The zero-order chi connectivity index (χ0) is 13.2. The van der Waals surface area contributed by atoms with Crippen molar-refractivity contribution < 1.29 is 5.11 Å². The molecule has 1 aliphatic carbocycles.